The van der Waals surface area contributed by atoms with Crippen LogP contribution in [-0.2, 0) is 49.5 Å². The van der Waals surface area contributed by atoms with Gasteiger partial charge in [-0.3, -0.25) is 19.2 Å². The normalized spacial score (nSPS) is 14.3. The molecule has 0 aliphatic heterocycles. The van der Waals surface area contributed by atoms with Crippen molar-refractivity contribution in [2.45, 2.75) is 188 Å². The molecule has 3 N–H and O–H groups in total. The molecule has 5 atom stereocenters. The summed E-state index contributed by atoms with van der Waals surface area (Å²) in [5.41, 5.74) is 4.08. The molecule has 69 heavy (non-hydrogen) atoms. The fourth-order valence-electron chi connectivity index (χ4n) is 8.55. The van der Waals surface area contributed by atoms with Crippen LogP contribution in [0.5, 0.6) is 0 Å². The minimum absolute atomic E-state index is 0.0267. The summed E-state index contributed by atoms with van der Waals surface area (Å²) in [6.07, 6.45) is 8.66. The Hall–Kier alpha value is -5.72. The van der Waals surface area contributed by atoms with Crippen LogP contribution in [0.3, 0.4) is 0 Å². The quantitative estimate of drug-likeness (QED) is 0.0345. The van der Waals surface area contributed by atoms with Crippen LogP contribution < -0.4 is 16.0 Å². The van der Waals surface area contributed by atoms with E-state index in [1.807, 2.05) is 107 Å². The van der Waals surface area contributed by atoms with Gasteiger partial charge in [0.2, 0.25) is 11.8 Å². The molecular weight excluding hydrogens is 875 g/mol. The molecule has 1 aliphatic rings. The second kappa shape index (κ2) is 28.7. The van der Waals surface area contributed by atoms with Gasteiger partial charge in [0, 0.05) is 5.92 Å². The van der Waals surface area contributed by atoms with E-state index in [-0.39, 0.29) is 43.8 Å². The summed E-state index contributed by atoms with van der Waals surface area (Å²) in [6, 6.07) is 21.4. The average molecular weight is 954 g/mol. The number of benzene rings is 3. The summed E-state index contributed by atoms with van der Waals surface area (Å²) in [4.78, 5) is 82.5. The lowest BCUT2D eigenvalue weighted by Gasteiger charge is -2.29. The van der Waals surface area contributed by atoms with Gasteiger partial charge < -0.3 is 34.9 Å². The second-order valence-corrected chi connectivity index (χ2v) is 19.9. The standard InChI is InChI=1S/C56H79N3O10/c1-9-11-12-13-14-15-16-17-21-28-41(34-49(60)66-36-40-26-19-18-20-27-40)68-54(64)51(39(5)10-2)59-53(63)47(33-38(3)4)57-52(62)48(35-50(61)69-56(6,7)8)58-55(65)67-37-46-44-31-24-22-29-42(44)43-30-23-25-32-45(43)46/h18-20,22-27,29-32,38-39,41,46-48,51H,9-17,21,28,33-37H2,1-8H3,(H,57,62)(H,58,65)(H,59,63)/t39-,41?,47-,48-,51-/m0/s1. The smallest absolute Gasteiger partial charge is 0.407 e. The number of nitrogens with one attached hydrogen (secondary N) is 3. The van der Waals surface area contributed by atoms with Crippen molar-refractivity contribution in [3.8, 4) is 11.1 Å². The Morgan fingerprint density at radius 1 is 0.623 bits per heavy atom. The zero-order valence-corrected chi connectivity index (χ0v) is 42.4. The maximum Gasteiger partial charge on any atom is 0.407 e. The molecule has 378 valence electrons. The zero-order valence-electron chi connectivity index (χ0n) is 42.4. The van der Waals surface area contributed by atoms with Gasteiger partial charge in [-0.15, -0.1) is 0 Å². The monoisotopic (exact) mass is 954 g/mol. The van der Waals surface area contributed by atoms with Gasteiger partial charge in [0.25, 0.3) is 0 Å². The predicted octanol–water partition coefficient (Wildman–Crippen LogP) is 10.7. The van der Waals surface area contributed by atoms with E-state index in [9.17, 15) is 28.8 Å². The van der Waals surface area contributed by atoms with Crippen LogP contribution in [0.4, 0.5) is 4.79 Å². The van der Waals surface area contributed by atoms with Crippen LogP contribution >= 0.6 is 0 Å². The van der Waals surface area contributed by atoms with E-state index in [4.69, 9.17) is 18.9 Å². The first-order valence-electron chi connectivity index (χ1n) is 25.3. The number of unbranched alkanes of at least 4 members (excludes halogenated alkanes) is 8. The Morgan fingerprint density at radius 3 is 1.77 bits per heavy atom. The third-order valence-electron chi connectivity index (χ3n) is 12.4. The first-order valence-corrected chi connectivity index (χ1v) is 25.3. The molecule has 0 bridgehead atoms. The number of carbonyl (C=O) groups excluding carboxylic acids is 6. The number of fused-ring (bicyclic) bond motifs is 3. The highest BCUT2D eigenvalue weighted by atomic mass is 16.6. The van der Waals surface area contributed by atoms with Crippen molar-refractivity contribution < 1.29 is 47.7 Å². The molecule has 13 heteroatoms. The molecule has 0 fully saturated rings. The van der Waals surface area contributed by atoms with Gasteiger partial charge in [-0.2, -0.15) is 0 Å². The molecule has 0 saturated carbocycles. The molecule has 4 rings (SSSR count). The lowest BCUT2D eigenvalue weighted by atomic mass is 9.97. The van der Waals surface area contributed by atoms with Crippen molar-refractivity contribution in [1.82, 2.24) is 16.0 Å². The molecule has 3 aromatic carbocycles. The third-order valence-corrected chi connectivity index (χ3v) is 12.4. The van der Waals surface area contributed by atoms with Gasteiger partial charge in [-0.1, -0.05) is 171 Å². The van der Waals surface area contributed by atoms with Crippen LogP contribution in [0.15, 0.2) is 78.9 Å². The van der Waals surface area contributed by atoms with E-state index in [1.54, 1.807) is 20.8 Å². The van der Waals surface area contributed by atoms with Crippen LogP contribution in [0, 0.1) is 11.8 Å². The van der Waals surface area contributed by atoms with E-state index < -0.39 is 72.1 Å². The maximum absolute atomic E-state index is 14.3. The highest BCUT2D eigenvalue weighted by molar-refractivity contribution is 5.95. The van der Waals surface area contributed by atoms with E-state index in [0.29, 0.717) is 12.8 Å². The SMILES string of the molecule is CCCCCCCCCCCC(CC(=O)OCc1ccccc1)OC(=O)[C@@H](NC(=O)[C@H](CC(C)C)NC(=O)[C@H](CC(=O)OC(C)(C)C)NC(=O)OCC1c2ccccc2-c2ccccc21)[C@@H](C)CC. The van der Waals surface area contributed by atoms with Crippen molar-refractivity contribution in [3.05, 3.63) is 95.6 Å². The predicted molar refractivity (Wildman–Crippen MR) is 268 cm³/mol. The van der Waals surface area contributed by atoms with Gasteiger partial charge in [-0.05, 0) is 79.7 Å². The van der Waals surface area contributed by atoms with Crippen LogP contribution in [0.25, 0.3) is 11.1 Å². The number of carbonyl (C=O) groups is 6. The van der Waals surface area contributed by atoms with E-state index in [2.05, 4.69) is 22.9 Å². The Morgan fingerprint density at radius 2 is 1.19 bits per heavy atom. The van der Waals surface area contributed by atoms with E-state index in [0.717, 1.165) is 53.5 Å². The Balaban J connectivity index is 1.46. The molecule has 1 aliphatic carbocycles. The summed E-state index contributed by atoms with van der Waals surface area (Å²) >= 11 is 0. The largest absolute Gasteiger partial charge is 0.461 e. The van der Waals surface area contributed by atoms with Crippen LogP contribution in [0.1, 0.15) is 168 Å². The van der Waals surface area contributed by atoms with Gasteiger partial charge >= 0.3 is 24.0 Å². The molecule has 0 heterocycles. The molecule has 3 aromatic rings. The molecule has 1 unspecified atom stereocenters. The number of hydrogen-bond acceptors (Lipinski definition) is 10. The summed E-state index contributed by atoms with van der Waals surface area (Å²) in [6.45, 7) is 14.8. The second-order valence-electron chi connectivity index (χ2n) is 19.9. The lowest BCUT2D eigenvalue weighted by molar-refractivity contribution is -0.160. The minimum Gasteiger partial charge on any atom is -0.461 e. The lowest BCUT2D eigenvalue weighted by Crippen LogP contribution is -2.57. The molecule has 13 nitrogen and oxygen atoms in total. The minimum atomic E-state index is -1.48. The van der Waals surface area contributed by atoms with Gasteiger partial charge in [0.05, 0.1) is 12.8 Å². The highest BCUT2D eigenvalue weighted by Gasteiger charge is 2.36. The van der Waals surface area contributed by atoms with Crippen molar-refractivity contribution in [3.63, 3.8) is 0 Å². The Bertz CT molecular complexity index is 2050. The molecule has 0 radical (unpaired) electrons. The number of alkyl carbamates (subject to hydrolysis) is 1. The van der Waals surface area contributed by atoms with Crippen LogP contribution in [0.2, 0.25) is 0 Å². The molecule has 0 spiro atoms. The summed E-state index contributed by atoms with van der Waals surface area (Å²) in [5, 5.41) is 8.18. The number of ether oxygens (including phenoxy) is 4. The summed E-state index contributed by atoms with van der Waals surface area (Å²) in [5.74, 6) is -4.12. The number of amides is 3. The van der Waals surface area contributed by atoms with E-state index >= 15 is 0 Å². The fraction of sp³-hybridized carbons (Fsp3) is 0.571. The van der Waals surface area contributed by atoms with Gasteiger partial charge in [0.15, 0.2) is 0 Å². The van der Waals surface area contributed by atoms with E-state index in [1.165, 1.54) is 32.1 Å². The Kier molecular flexibility index (Phi) is 23.2. The summed E-state index contributed by atoms with van der Waals surface area (Å²) in [7, 11) is 0. The summed E-state index contributed by atoms with van der Waals surface area (Å²) < 4.78 is 22.9. The fourth-order valence-corrected chi connectivity index (χ4v) is 8.55. The third kappa shape index (κ3) is 19.3. The van der Waals surface area contributed by atoms with Crippen molar-refractivity contribution >= 4 is 35.8 Å². The molecular formula is C56H79N3O10. The maximum atomic E-state index is 14.3. The first kappa shape index (κ1) is 55.9. The van der Waals surface area contributed by atoms with Crippen LogP contribution in [-0.4, -0.2) is 72.3 Å². The molecule has 0 saturated heterocycles. The van der Waals surface area contributed by atoms with Crippen molar-refractivity contribution in [1.29, 1.82) is 0 Å². The van der Waals surface area contributed by atoms with Crippen molar-refractivity contribution in [2.24, 2.45) is 11.8 Å². The molecule has 0 aromatic heterocycles. The van der Waals surface area contributed by atoms with Gasteiger partial charge in [-0.25, -0.2) is 9.59 Å². The average Bonchev–Trinajstić information content (AvgIpc) is 3.63. The number of rotatable bonds is 29. The van der Waals surface area contributed by atoms with Gasteiger partial charge in [0.1, 0.15) is 43.0 Å². The van der Waals surface area contributed by atoms with Crippen molar-refractivity contribution in [2.75, 3.05) is 6.61 Å². The highest BCUT2D eigenvalue weighted by Crippen LogP contribution is 2.44. The number of hydrogen-bond donors (Lipinski definition) is 3. The Labute approximate surface area is 410 Å². The first-order chi connectivity index (χ1) is 33.0. The number of esters is 3. The zero-order chi connectivity index (χ0) is 50.3. The molecule has 3 amide bonds. The topological polar surface area (TPSA) is 175 Å².